The van der Waals surface area contributed by atoms with Crippen molar-refractivity contribution in [2.45, 2.75) is 0 Å². The summed E-state index contributed by atoms with van der Waals surface area (Å²) in [5, 5.41) is 4.07. The number of anilines is 2. The molecule has 0 fully saturated rings. The Bertz CT molecular complexity index is 828. The molecule has 3 aromatic rings. The van der Waals surface area contributed by atoms with Crippen molar-refractivity contribution in [3.05, 3.63) is 59.0 Å². The number of pyridine rings is 1. The fraction of sp³-hybridized carbons (Fsp3) is 0.0625. The van der Waals surface area contributed by atoms with Crippen LogP contribution in [0.3, 0.4) is 0 Å². The summed E-state index contributed by atoms with van der Waals surface area (Å²) in [7, 11) is 1.59. The van der Waals surface area contributed by atoms with E-state index in [2.05, 4.69) is 20.3 Å². The Labute approximate surface area is 143 Å². The van der Waals surface area contributed by atoms with Crippen LogP contribution in [0.15, 0.2) is 48.8 Å². The molecule has 0 aliphatic heterocycles. The Morgan fingerprint density at radius 2 is 1.78 bits per heavy atom. The van der Waals surface area contributed by atoms with Gasteiger partial charge in [-0.1, -0.05) is 23.2 Å². The molecule has 0 spiro atoms. The Hall–Kier alpha value is -2.37. The monoisotopic (exact) mass is 346 g/mol. The van der Waals surface area contributed by atoms with E-state index in [1.54, 1.807) is 43.8 Å². The standard InChI is InChI=1S/C16H12Cl2N4O/c1-23-13-3-2-11(17)8-12(13)20-15-9-14(18)21-16(22-15)10-4-6-19-7-5-10/h2-9H,1H3,(H,20,21,22). The number of methoxy groups -OCH3 is 1. The lowest BCUT2D eigenvalue weighted by molar-refractivity contribution is 0.417. The van der Waals surface area contributed by atoms with Crippen LogP contribution in [0.2, 0.25) is 10.2 Å². The van der Waals surface area contributed by atoms with Crippen LogP contribution in [-0.2, 0) is 0 Å². The van der Waals surface area contributed by atoms with E-state index in [0.29, 0.717) is 33.3 Å². The highest BCUT2D eigenvalue weighted by Crippen LogP contribution is 2.31. The van der Waals surface area contributed by atoms with Gasteiger partial charge in [-0.3, -0.25) is 4.98 Å². The van der Waals surface area contributed by atoms with Crippen molar-refractivity contribution in [3.63, 3.8) is 0 Å². The highest BCUT2D eigenvalue weighted by molar-refractivity contribution is 6.31. The van der Waals surface area contributed by atoms with E-state index in [1.807, 2.05) is 12.1 Å². The van der Waals surface area contributed by atoms with Crippen LogP contribution in [-0.4, -0.2) is 22.1 Å². The van der Waals surface area contributed by atoms with E-state index in [-0.39, 0.29) is 0 Å². The number of aromatic nitrogens is 3. The number of nitrogens with zero attached hydrogens (tertiary/aromatic N) is 3. The molecular weight excluding hydrogens is 335 g/mol. The highest BCUT2D eigenvalue weighted by atomic mass is 35.5. The summed E-state index contributed by atoms with van der Waals surface area (Å²) in [5.41, 5.74) is 1.51. The van der Waals surface area contributed by atoms with Crippen LogP contribution in [0.25, 0.3) is 11.4 Å². The molecule has 0 bridgehead atoms. The number of benzene rings is 1. The van der Waals surface area contributed by atoms with Gasteiger partial charge in [0.25, 0.3) is 0 Å². The normalized spacial score (nSPS) is 10.4. The molecule has 2 heterocycles. The zero-order valence-corrected chi connectivity index (χ0v) is 13.6. The molecule has 0 saturated heterocycles. The van der Waals surface area contributed by atoms with Crippen molar-refractivity contribution in [1.82, 2.24) is 15.0 Å². The maximum Gasteiger partial charge on any atom is 0.163 e. The van der Waals surface area contributed by atoms with E-state index in [9.17, 15) is 0 Å². The Morgan fingerprint density at radius 1 is 1.00 bits per heavy atom. The summed E-state index contributed by atoms with van der Waals surface area (Å²) in [6.07, 6.45) is 3.35. The molecule has 0 aliphatic carbocycles. The van der Waals surface area contributed by atoms with E-state index < -0.39 is 0 Å². The minimum Gasteiger partial charge on any atom is -0.495 e. The predicted molar refractivity (Wildman–Crippen MR) is 91.6 cm³/mol. The number of halogens is 2. The number of hydrogen-bond donors (Lipinski definition) is 1. The van der Waals surface area contributed by atoms with Crippen LogP contribution in [0.4, 0.5) is 11.5 Å². The molecule has 3 rings (SSSR count). The molecule has 0 amide bonds. The average molecular weight is 347 g/mol. The summed E-state index contributed by atoms with van der Waals surface area (Å²) in [4.78, 5) is 12.7. The first-order chi connectivity index (χ1) is 11.2. The van der Waals surface area contributed by atoms with Gasteiger partial charge in [0.1, 0.15) is 16.7 Å². The summed E-state index contributed by atoms with van der Waals surface area (Å²) < 4.78 is 5.31. The number of nitrogens with one attached hydrogen (secondary N) is 1. The van der Waals surface area contributed by atoms with Crippen LogP contribution in [0, 0.1) is 0 Å². The van der Waals surface area contributed by atoms with Gasteiger partial charge in [-0.05, 0) is 30.3 Å². The first kappa shape index (κ1) is 15.5. The van der Waals surface area contributed by atoms with E-state index in [4.69, 9.17) is 27.9 Å². The first-order valence-corrected chi connectivity index (χ1v) is 7.47. The van der Waals surface area contributed by atoms with Gasteiger partial charge in [-0.2, -0.15) is 0 Å². The molecule has 0 atom stereocenters. The summed E-state index contributed by atoms with van der Waals surface area (Å²) in [6, 6.07) is 10.5. The lowest BCUT2D eigenvalue weighted by Crippen LogP contribution is -1.99. The molecule has 0 radical (unpaired) electrons. The molecule has 2 aromatic heterocycles. The van der Waals surface area contributed by atoms with Crippen molar-refractivity contribution < 1.29 is 4.74 Å². The Balaban J connectivity index is 1.98. The summed E-state index contributed by atoms with van der Waals surface area (Å²) >= 11 is 12.1. The third kappa shape index (κ3) is 3.70. The molecule has 1 N–H and O–H groups in total. The van der Waals surface area contributed by atoms with Crippen molar-refractivity contribution in [3.8, 4) is 17.1 Å². The second-order valence-electron chi connectivity index (χ2n) is 4.61. The van der Waals surface area contributed by atoms with Crippen LogP contribution in [0.5, 0.6) is 5.75 Å². The van der Waals surface area contributed by atoms with Crippen molar-refractivity contribution in [2.75, 3.05) is 12.4 Å². The fourth-order valence-electron chi connectivity index (χ4n) is 2.03. The van der Waals surface area contributed by atoms with E-state index in [1.165, 1.54) is 0 Å². The SMILES string of the molecule is COc1ccc(Cl)cc1Nc1cc(Cl)nc(-c2ccncc2)n1. The van der Waals surface area contributed by atoms with Gasteiger partial charge in [0.05, 0.1) is 12.8 Å². The van der Waals surface area contributed by atoms with Gasteiger partial charge in [-0.25, -0.2) is 9.97 Å². The zero-order valence-electron chi connectivity index (χ0n) is 12.1. The van der Waals surface area contributed by atoms with Crippen molar-refractivity contribution in [2.24, 2.45) is 0 Å². The van der Waals surface area contributed by atoms with Gasteiger partial charge in [0, 0.05) is 29.0 Å². The molecule has 1 aromatic carbocycles. The largest absolute Gasteiger partial charge is 0.495 e. The van der Waals surface area contributed by atoms with Crippen LogP contribution >= 0.6 is 23.2 Å². The average Bonchev–Trinajstić information content (AvgIpc) is 2.55. The Kier molecular flexibility index (Phi) is 4.60. The molecule has 0 saturated carbocycles. The van der Waals surface area contributed by atoms with E-state index in [0.717, 1.165) is 5.56 Å². The number of rotatable bonds is 4. The predicted octanol–water partition coefficient (Wildman–Crippen LogP) is 4.60. The van der Waals surface area contributed by atoms with Gasteiger partial charge >= 0.3 is 0 Å². The molecule has 23 heavy (non-hydrogen) atoms. The van der Waals surface area contributed by atoms with Gasteiger partial charge < -0.3 is 10.1 Å². The molecule has 7 heteroatoms. The molecule has 5 nitrogen and oxygen atoms in total. The van der Waals surface area contributed by atoms with Gasteiger partial charge in [-0.15, -0.1) is 0 Å². The van der Waals surface area contributed by atoms with Crippen LogP contribution in [0.1, 0.15) is 0 Å². The molecule has 116 valence electrons. The Morgan fingerprint density at radius 3 is 2.52 bits per heavy atom. The van der Waals surface area contributed by atoms with Gasteiger partial charge in [0.2, 0.25) is 0 Å². The molecular formula is C16H12Cl2N4O. The number of hydrogen-bond acceptors (Lipinski definition) is 5. The van der Waals surface area contributed by atoms with Gasteiger partial charge in [0.15, 0.2) is 5.82 Å². The molecule has 0 aliphatic rings. The maximum atomic E-state index is 6.11. The summed E-state index contributed by atoms with van der Waals surface area (Å²) in [6.45, 7) is 0. The third-order valence-electron chi connectivity index (χ3n) is 3.06. The molecule has 0 unspecified atom stereocenters. The quantitative estimate of drug-likeness (QED) is 0.699. The maximum absolute atomic E-state index is 6.11. The lowest BCUT2D eigenvalue weighted by Gasteiger charge is -2.12. The third-order valence-corrected chi connectivity index (χ3v) is 3.49. The summed E-state index contributed by atoms with van der Waals surface area (Å²) in [5.74, 6) is 1.69. The van der Waals surface area contributed by atoms with Crippen molar-refractivity contribution >= 4 is 34.7 Å². The van der Waals surface area contributed by atoms with Crippen LogP contribution < -0.4 is 10.1 Å². The fourth-order valence-corrected chi connectivity index (χ4v) is 2.38. The smallest absolute Gasteiger partial charge is 0.163 e. The number of ether oxygens (including phenoxy) is 1. The highest BCUT2D eigenvalue weighted by Gasteiger charge is 2.09. The van der Waals surface area contributed by atoms with Crippen molar-refractivity contribution in [1.29, 1.82) is 0 Å². The second kappa shape index (κ2) is 6.81. The minimum absolute atomic E-state index is 0.329. The topological polar surface area (TPSA) is 59.9 Å². The zero-order chi connectivity index (χ0) is 16.2. The second-order valence-corrected chi connectivity index (χ2v) is 5.43. The first-order valence-electron chi connectivity index (χ1n) is 6.71. The minimum atomic E-state index is 0.329. The van der Waals surface area contributed by atoms with E-state index >= 15 is 0 Å². The lowest BCUT2D eigenvalue weighted by atomic mass is 10.2.